The van der Waals surface area contributed by atoms with Crippen LogP contribution in [0.5, 0.6) is 5.75 Å². The highest BCUT2D eigenvalue weighted by molar-refractivity contribution is 8.01. The molecule has 0 saturated carbocycles. The van der Waals surface area contributed by atoms with Gasteiger partial charge in [0.25, 0.3) is 5.56 Å². The van der Waals surface area contributed by atoms with Crippen LogP contribution in [0.3, 0.4) is 0 Å². The van der Waals surface area contributed by atoms with Gasteiger partial charge < -0.3 is 15.0 Å². The minimum atomic E-state index is -0.132. The molecular weight excluding hydrogens is 394 g/mol. The SMILES string of the molecule is COc1ccc(Nc2nnc(S[C@@H](C)c3nc4ccccc4c(=O)[nH]3)s2)cc1. The first-order valence-corrected chi connectivity index (χ1v) is 10.2. The van der Waals surface area contributed by atoms with E-state index in [1.54, 1.807) is 13.2 Å². The summed E-state index contributed by atoms with van der Waals surface area (Å²) in [6, 6.07) is 14.9. The molecule has 0 amide bonds. The molecule has 0 fully saturated rings. The molecule has 2 heterocycles. The van der Waals surface area contributed by atoms with E-state index >= 15 is 0 Å². The highest BCUT2D eigenvalue weighted by Crippen LogP contribution is 2.36. The van der Waals surface area contributed by atoms with Crippen molar-refractivity contribution in [3.05, 3.63) is 64.7 Å². The number of nitrogens with zero attached hydrogens (tertiary/aromatic N) is 3. The van der Waals surface area contributed by atoms with E-state index in [9.17, 15) is 4.79 Å². The summed E-state index contributed by atoms with van der Waals surface area (Å²) in [7, 11) is 1.63. The standard InChI is InChI=1S/C19H17N5O2S2/c1-11(16-21-15-6-4-3-5-14(15)17(25)22-16)27-19-24-23-18(28-19)20-12-7-9-13(26-2)10-8-12/h3-11H,1-2H3,(H,20,23)(H,21,22,25)/t11-/m0/s1. The fraction of sp³-hybridized carbons (Fsp3) is 0.158. The lowest BCUT2D eigenvalue weighted by Gasteiger charge is -2.08. The molecule has 7 nitrogen and oxygen atoms in total. The van der Waals surface area contributed by atoms with Crippen LogP contribution in [-0.2, 0) is 0 Å². The maximum absolute atomic E-state index is 12.3. The van der Waals surface area contributed by atoms with Crippen LogP contribution >= 0.6 is 23.1 Å². The second kappa shape index (κ2) is 7.99. The quantitative estimate of drug-likeness (QED) is 0.455. The van der Waals surface area contributed by atoms with Crippen LogP contribution in [0.4, 0.5) is 10.8 Å². The number of rotatable bonds is 6. The van der Waals surface area contributed by atoms with Crippen molar-refractivity contribution in [3.8, 4) is 5.75 Å². The fourth-order valence-corrected chi connectivity index (χ4v) is 4.58. The molecule has 0 radical (unpaired) electrons. The fourth-order valence-electron chi connectivity index (χ4n) is 2.61. The minimum absolute atomic E-state index is 0.0703. The monoisotopic (exact) mass is 411 g/mol. The number of H-pyrrole nitrogens is 1. The van der Waals surface area contributed by atoms with E-state index in [2.05, 4.69) is 25.5 Å². The Morgan fingerprint density at radius 2 is 1.93 bits per heavy atom. The molecule has 0 aliphatic carbocycles. The molecule has 0 unspecified atom stereocenters. The first kappa shape index (κ1) is 18.5. The lowest BCUT2D eigenvalue weighted by Crippen LogP contribution is -2.12. The van der Waals surface area contributed by atoms with Gasteiger partial charge in [0, 0.05) is 5.69 Å². The van der Waals surface area contributed by atoms with Crippen LogP contribution in [-0.4, -0.2) is 27.3 Å². The summed E-state index contributed by atoms with van der Waals surface area (Å²) in [5, 5.41) is 12.8. The lowest BCUT2D eigenvalue weighted by molar-refractivity contribution is 0.415. The van der Waals surface area contributed by atoms with Crippen molar-refractivity contribution >= 4 is 44.8 Å². The Balaban J connectivity index is 1.48. The topological polar surface area (TPSA) is 92.8 Å². The number of para-hydroxylation sites is 1. The first-order chi connectivity index (χ1) is 13.6. The van der Waals surface area contributed by atoms with E-state index in [-0.39, 0.29) is 10.8 Å². The van der Waals surface area contributed by atoms with Gasteiger partial charge in [-0.3, -0.25) is 4.79 Å². The summed E-state index contributed by atoms with van der Waals surface area (Å²) in [6.45, 7) is 1.98. The van der Waals surface area contributed by atoms with Crippen LogP contribution < -0.4 is 15.6 Å². The van der Waals surface area contributed by atoms with Crippen molar-refractivity contribution in [1.82, 2.24) is 20.2 Å². The summed E-state index contributed by atoms with van der Waals surface area (Å²) in [6.07, 6.45) is 0. The van der Waals surface area contributed by atoms with Crippen molar-refractivity contribution in [2.24, 2.45) is 0 Å². The molecule has 142 valence electrons. The molecule has 0 bridgehead atoms. The summed E-state index contributed by atoms with van der Waals surface area (Å²) in [5.41, 5.74) is 1.46. The second-order valence-electron chi connectivity index (χ2n) is 5.96. The maximum atomic E-state index is 12.3. The Kier molecular flexibility index (Phi) is 5.27. The van der Waals surface area contributed by atoms with Crippen LogP contribution in [0.2, 0.25) is 0 Å². The van der Waals surface area contributed by atoms with E-state index in [0.717, 1.165) is 15.8 Å². The number of hydrogen-bond acceptors (Lipinski definition) is 8. The number of hydrogen-bond donors (Lipinski definition) is 2. The number of benzene rings is 2. The minimum Gasteiger partial charge on any atom is -0.497 e. The van der Waals surface area contributed by atoms with E-state index < -0.39 is 0 Å². The predicted molar refractivity (Wildman–Crippen MR) is 113 cm³/mol. The highest BCUT2D eigenvalue weighted by Gasteiger charge is 2.15. The molecule has 0 aliphatic heterocycles. The number of nitrogens with one attached hydrogen (secondary N) is 2. The average Bonchev–Trinajstić information content (AvgIpc) is 3.15. The lowest BCUT2D eigenvalue weighted by atomic mass is 10.2. The van der Waals surface area contributed by atoms with Gasteiger partial charge in [-0.2, -0.15) is 0 Å². The number of thioether (sulfide) groups is 1. The molecule has 9 heteroatoms. The van der Waals surface area contributed by atoms with Gasteiger partial charge in [-0.05, 0) is 43.3 Å². The summed E-state index contributed by atoms with van der Waals surface area (Å²) in [4.78, 5) is 19.7. The molecule has 2 aromatic carbocycles. The summed E-state index contributed by atoms with van der Waals surface area (Å²) in [5.74, 6) is 1.42. The van der Waals surface area contributed by atoms with Gasteiger partial charge in [0.05, 0.1) is 23.3 Å². The summed E-state index contributed by atoms with van der Waals surface area (Å²) < 4.78 is 5.95. The molecule has 0 aliphatic rings. The Morgan fingerprint density at radius 3 is 2.71 bits per heavy atom. The van der Waals surface area contributed by atoms with Gasteiger partial charge in [0.1, 0.15) is 11.6 Å². The number of ether oxygens (including phenoxy) is 1. The second-order valence-corrected chi connectivity index (χ2v) is 8.52. The van der Waals surface area contributed by atoms with Crippen molar-refractivity contribution in [1.29, 1.82) is 0 Å². The van der Waals surface area contributed by atoms with Gasteiger partial charge in [-0.1, -0.05) is 35.2 Å². The third kappa shape index (κ3) is 4.00. The van der Waals surface area contributed by atoms with Crippen molar-refractivity contribution in [2.75, 3.05) is 12.4 Å². The van der Waals surface area contributed by atoms with Crippen LogP contribution in [0.15, 0.2) is 57.7 Å². The number of methoxy groups -OCH3 is 1. The zero-order valence-corrected chi connectivity index (χ0v) is 16.8. The van der Waals surface area contributed by atoms with Crippen molar-refractivity contribution in [3.63, 3.8) is 0 Å². The van der Waals surface area contributed by atoms with E-state index in [0.29, 0.717) is 21.9 Å². The summed E-state index contributed by atoms with van der Waals surface area (Å²) >= 11 is 2.95. The molecule has 0 saturated heterocycles. The molecule has 28 heavy (non-hydrogen) atoms. The Morgan fingerprint density at radius 1 is 1.14 bits per heavy atom. The third-order valence-corrected chi connectivity index (χ3v) is 6.07. The van der Waals surface area contributed by atoms with Crippen LogP contribution in [0.25, 0.3) is 10.9 Å². The van der Waals surface area contributed by atoms with Gasteiger partial charge in [0.2, 0.25) is 5.13 Å². The van der Waals surface area contributed by atoms with E-state index in [1.165, 1.54) is 23.1 Å². The molecule has 2 aromatic heterocycles. The number of aromatic amines is 1. The van der Waals surface area contributed by atoms with E-state index in [1.807, 2.05) is 49.4 Å². The van der Waals surface area contributed by atoms with Gasteiger partial charge in [0.15, 0.2) is 4.34 Å². The normalized spacial score (nSPS) is 12.1. The Bertz CT molecular complexity index is 1160. The number of aromatic nitrogens is 4. The average molecular weight is 412 g/mol. The molecule has 4 aromatic rings. The van der Waals surface area contributed by atoms with Crippen LogP contribution in [0, 0.1) is 0 Å². The predicted octanol–water partition coefficient (Wildman–Crippen LogP) is 4.38. The van der Waals surface area contributed by atoms with Crippen molar-refractivity contribution < 1.29 is 4.74 Å². The maximum Gasteiger partial charge on any atom is 0.258 e. The van der Waals surface area contributed by atoms with Gasteiger partial charge in [-0.15, -0.1) is 10.2 Å². The Labute approximate surface area is 169 Å². The van der Waals surface area contributed by atoms with Gasteiger partial charge in [-0.25, -0.2) is 4.98 Å². The van der Waals surface area contributed by atoms with Crippen LogP contribution in [0.1, 0.15) is 18.0 Å². The largest absolute Gasteiger partial charge is 0.497 e. The van der Waals surface area contributed by atoms with Gasteiger partial charge >= 0.3 is 0 Å². The third-order valence-electron chi connectivity index (χ3n) is 4.04. The molecule has 0 spiro atoms. The van der Waals surface area contributed by atoms with Crippen molar-refractivity contribution in [2.45, 2.75) is 16.5 Å². The number of fused-ring (bicyclic) bond motifs is 1. The zero-order valence-electron chi connectivity index (χ0n) is 15.2. The smallest absolute Gasteiger partial charge is 0.258 e. The Hall–Kier alpha value is -2.91. The first-order valence-electron chi connectivity index (χ1n) is 8.52. The molecule has 2 N–H and O–H groups in total. The number of anilines is 2. The zero-order chi connectivity index (χ0) is 19.5. The molecule has 1 atom stereocenters. The van der Waals surface area contributed by atoms with E-state index in [4.69, 9.17) is 4.74 Å². The molecule has 4 rings (SSSR count). The highest BCUT2D eigenvalue weighted by atomic mass is 32.2. The molecular formula is C19H17N5O2S2.